The number of nitrogens with one attached hydrogen (secondary N) is 1. The van der Waals surface area contributed by atoms with E-state index in [0.717, 1.165) is 0 Å². The average Bonchev–Trinajstić information content (AvgIpc) is 2.04. The predicted molar refractivity (Wildman–Crippen MR) is 43.0 cm³/mol. The maximum absolute atomic E-state index is 11.2. The van der Waals surface area contributed by atoms with Crippen LogP contribution < -0.4 is 5.32 Å². The van der Waals surface area contributed by atoms with Gasteiger partial charge in [-0.25, -0.2) is 0 Å². The molecule has 0 spiro atoms. The Morgan fingerprint density at radius 1 is 1.25 bits per heavy atom. The number of ketones is 2. The van der Waals surface area contributed by atoms with Crippen LogP contribution in [0.1, 0.15) is 0 Å². The van der Waals surface area contributed by atoms with Crippen molar-refractivity contribution in [1.29, 1.82) is 0 Å². The minimum absolute atomic E-state index is 0.0174. The van der Waals surface area contributed by atoms with E-state index in [-0.39, 0.29) is 17.5 Å². The Balaban J connectivity index is 2.40. The largest absolute Gasteiger partial charge is 0.364 e. The monoisotopic (exact) mass is 161 g/mol. The highest BCUT2D eigenvalue weighted by molar-refractivity contribution is 6.05. The Labute approximate surface area is 69.5 Å². The molecule has 1 N–H and O–H groups in total. The van der Waals surface area contributed by atoms with E-state index in [9.17, 15) is 9.59 Å². The number of fused-ring (bicyclic) bond motifs is 1. The summed E-state index contributed by atoms with van der Waals surface area (Å²) in [6, 6.07) is 0. The molecule has 0 radical (unpaired) electrons. The van der Waals surface area contributed by atoms with Gasteiger partial charge in [-0.2, -0.15) is 0 Å². The highest BCUT2D eigenvalue weighted by Gasteiger charge is 2.23. The lowest BCUT2D eigenvalue weighted by Gasteiger charge is -2.20. The molecule has 2 rings (SSSR count). The standard InChI is InChI=1S/C9H7NO2/c11-6-1-2-7-8(5-6)10-4-3-9(7)12/h1-5,7,10H. The molecule has 0 fully saturated rings. The van der Waals surface area contributed by atoms with Crippen LogP contribution in [0.2, 0.25) is 0 Å². The van der Waals surface area contributed by atoms with E-state index in [2.05, 4.69) is 5.32 Å². The first-order chi connectivity index (χ1) is 5.77. The maximum atomic E-state index is 11.2. The molecule has 0 aromatic rings. The molecule has 3 nitrogen and oxygen atoms in total. The summed E-state index contributed by atoms with van der Waals surface area (Å²) in [5.41, 5.74) is 0.676. The van der Waals surface area contributed by atoms with Crippen LogP contribution in [0.25, 0.3) is 0 Å². The minimum atomic E-state index is -0.271. The highest BCUT2D eigenvalue weighted by Crippen LogP contribution is 2.19. The number of allylic oxidation sites excluding steroid dienone is 4. The molecular weight excluding hydrogens is 154 g/mol. The van der Waals surface area contributed by atoms with E-state index in [4.69, 9.17) is 0 Å². The van der Waals surface area contributed by atoms with Gasteiger partial charge in [0, 0.05) is 18.0 Å². The fourth-order valence-electron chi connectivity index (χ4n) is 1.29. The van der Waals surface area contributed by atoms with E-state index >= 15 is 0 Å². The number of hydrogen-bond acceptors (Lipinski definition) is 3. The molecule has 1 aliphatic heterocycles. The smallest absolute Gasteiger partial charge is 0.180 e. The summed E-state index contributed by atoms with van der Waals surface area (Å²) in [6.45, 7) is 0. The SMILES string of the molecule is O=C1C=CC2C(=O)C=CNC2=C1. The highest BCUT2D eigenvalue weighted by atomic mass is 16.1. The zero-order valence-corrected chi connectivity index (χ0v) is 6.28. The Bertz CT molecular complexity index is 336. The minimum Gasteiger partial charge on any atom is -0.364 e. The van der Waals surface area contributed by atoms with Crippen LogP contribution in [0.4, 0.5) is 0 Å². The fraction of sp³-hybridized carbons (Fsp3) is 0.111. The van der Waals surface area contributed by atoms with Gasteiger partial charge in [0.05, 0.1) is 5.92 Å². The molecule has 0 amide bonds. The third-order valence-corrected chi connectivity index (χ3v) is 1.89. The van der Waals surface area contributed by atoms with Crippen molar-refractivity contribution in [3.8, 4) is 0 Å². The molecule has 12 heavy (non-hydrogen) atoms. The molecule has 0 aromatic heterocycles. The van der Waals surface area contributed by atoms with Crippen LogP contribution in [0.5, 0.6) is 0 Å². The van der Waals surface area contributed by atoms with E-state index in [1.54, 1.807) is 12.3 Å². The molecular formula is C9H7NO2. The van der Waals surface area contributed by atoms with Crippen LogP contribution >= 0.6 is 0 Å². The molecule has 1 atom stereocenters. The molecule has 1 unspecified atom stereocenters. The topological polar surface area (TPSA) is 46.2 Å². The normalized spacial score (nSPS) is 26.3. The third-order valence-electron chi connectivity index (χ3n) is 1.89. The summed E-state index contributed by atoms with van der Waals surface area (Å²) >= 11 is 0. The van der Waals surface area contributed by atoms with Gasteiger partial charge in [-0.1, -0.05) is 6.08 Å². The van der Waals surface area contributed by atoms with Crippen LogP contribution in [0.3, 0.4) is 0 Å². The van der Waals surface area contributed by atoms with Gasteiger partial charge in [-0.15, -0.1) is 0 Å². The van der Waals surface area contributed by atoms with Crippen molar-refractivity contribution in [3.63, 3.8) is 0 Å². The first-order valence-corrected chi connectivity index (χ1v) is 3.68. The summed E-state index contributed by atoms with van der Waals surface area (Å²) in [5, 5.41) is 2.87. The second-order valence-corrected chi connectivity index (χ2v) is 2.72. The molecule has 1 heterocycles. The molecule has 1 aliphatic carbocycles. The van der Waals surface area contributed by atoms with Crippen molar-refractivity contribution in [2.45, 2.75) is 0 Å². The first-order valence-electron chi connectivity index (χ1n) is 3.68. The van der Waals surface area contributed by atoms with Crippen molar-refractivity contribution < 1.29 is 9.59 Å². The van der Waals surface area contributed by atoms with Gasteiger partial charge in [0.2, 0.25) is 0 Å². The molecule has 0 saturated heterocycles. The van der Waals surface area contributed by atoms with Gasteiger partial charge in [0.25, 0.3) is 0 Å². The summed E-state index contributed by atoms with van der Waals surface area (Å²) in [5.74, 6) is -0.326. The Hall–Kier alpha value is -1.64. The van der Waals surface area contributed by atoms with Crippen LogP contribution in [0, 0.1) is 5.92 Å². The number of carbonyl (C=O) groups is 2. The Morgan fingerprint density at radius 3 is 2.92 bits per heavy atom. The second kappa shape index (κ2) is 2.44. The molecule has 0 aromatic carbocycles. The van der Waals surface area contributed by atoms with E-state index in [0.29, 0.717) is 5.70 Å². The van der Waals surface area contributed by atoms with Gasteiger partial charge < -0.3 is 5.32 Å². The molecule has 0 saturated carbocycles. The lowest BCUT2D eigenvalue weighted by molar-refractivity contribution is -0.116. The van der Waals surface area contributed by atoms with Crippen molar-refractivity contribution >= 4 is 11.6 Å². The number of hydrogen-bond donors (Lipinski definition) is 1. The van der Waals surface area contributed by atoms with Gasteiger partial charge in [-0.3, -0.25) is 9.59 Å². The van der Waals surface area contributed by atoms with Gasteiger partial charge in [-0.05, 0) is 12.2 Å². The number of rotatable bonds is 0. The average molecular weight is 161 g/mol. The maximum Gasteiger partial charge on any atom is 0.180 e. The van der Waals surface area contributed by atoms with E-state index < -0.39 is 0 Å². The zero-order chi connectivity index (χ0) is 8.55. The predicted octanol–water partition coefficient (Wildman–Crippen LogP) is 0.311. The van der Waals surface area contributed by atoms with Crippen molar-refractivity contribution in [3.05, 3.63) is 36.2 Å². The van der Waals surface area contributed by atoms with Crippen LogP contribution in [-0.4, -0.2) is 11.6 Å². The van der Waals surface area contributed by atoms with Gasteiger partial charge in [0.1, 0.15) is 0 Å². The molecule has 60 valence electrons. The van der Waals surface area contributed by atoms with Gasteiger partial charge in [0.15, 0.2) is 11.6 Å². The van der Waals surface area contributed by atoms with E-state index in [1.165, 1.54) is 18.2 Å². The summed E-state index contributed by atoms with van der Waals surface area (Å²) in [4.78, 5) is 22.1. The zero-order valence-electron chi connectivity index (χ0n) is 6.28. The number of carbonyl (C=O) groups excluding carboxylic acids is 2. The summed E-state index contributed by atoms with van der Waals surface area (Å²) < 4.78 is 0. The quantitative estimate of drug-likeness (QED) is 0.556. The van der Waals surface area contributed by atoms with Gasteiger partial charge >= 0.3 is 0 Å². The Kier molecular flexibility index (Phi) is 1.43. The van der Waals surface area contributed by atoms with Crippen molar-refractivity contribution in [1.82, 2.24) is 5.32 Å². The van der Waals surface area contributed by atoms with Crippen molar-refractivity contribution in [2.75, 3.05) is 0 Å². The van der Waals surface area contributed by atoms with Crippen molar-refractivity contribution in [2.24, 2.45) is 5.92 Å². The fourth-order valence-corrected chi connectivity index (χ4v) is 1.29. The van der Waals surface area contributed by atoms with E-state index in [1.807, 2.05) is 0 Å². The lowest BCUT2D eigenvalue weighted by Crippen LogP contribution is -2.28. The molecule has 0 bridgehead atoms. The first kappa shape index (κ1) is 7.03. The summed E-state index contributed by atoms with van der Waals surface area (Å²) in [7, 11) is 0. The molecule has 3 heteroatoms. The van der Waals surface area contributed by atoms with Crippen LogP contribution in [0.15, 0.2) is 36.2 Å². The summed E-state index contributed by atoms with van der Waals surface area (Å²) in [6.07, 6.45) is 7.52. The van der Waals surface area contributed by atoms with Crippen LogP contribution in [-0.2, 0) is 9.59 Å². The lowest BCUT2D eigenvalue weighted by atomic mass is 9.92. The third kappa shape index (κ3) is 0.993. The second-order valence-electron chi connectivity index (χ2n) is 2.72. The Morgan fingerprint density at radius 2 is 2.08 bits per heavy atom. The molecule has 2 aliphatic rings.